The third kappa shape index (κ3) is 5.75. The maximum absolute atomic E-state index is 13.5. The second-order valence-corrected chi connectivity index (χ2v) is 10.2. The molecule has 3 N–H and O–H groups in total. The van der Waals surface area contributed by atoms with E-state index in [1.807, 2.05) is 45.0 Å². The van der Waals surface area contributed by atoms with Crippen molar-refractivity contribution in [1.29, 1.82) is 0 Å². The molecule has 1 unspecified atom stereocenters. The van der Waals surface area contributed by atoms with E-state index in [-0.39, 0.29) is 17.7 Å². The topological polar surface area (TPSA) is 105 Å². The minimum atomic E-state index is -0.629. The summed E-state index contributed by atoms with van der Waals surface area (Å²) in [5.74, 6) is 0.226. The molecule has 190 valence electrons. The van der Waals surface area contributed by atoms with E-state index in [9.17, 15) is 9.59 Å². The summed E-state index contributed by atoms with van der Waals surface area (Å²) < 4.78 is 1.62. The average molecular weight is 489 g/mol. The lowest BCUT2D eigenvalue weighted by molar-refractivity contribution is -0.119. The molecule has 0 aliphatic heterocycles. The van der Waals surface area contributed by atoms with Crippen molar-refractivity contribution in [2.75, 3.05) is 5.32 Å². The zero-order valence-corrected chi connectivity index (χ0v) is 21.6. The SMILES string of the molecule is C=C(C)Cn1nccc1C(=O)NC(C(=O)Nc1ccc(-c2c(C)n[nH]c2C)cc1)C1CCC(C)CC1. The van der Waals surface area contributed by atoms with Gasteiger partial charge in [-0.05, 0) is 69.2 Å². The second kappa shape index (κ2) is 10.9. The van der Waals surface area contributed by atoms with Crippen molar-refractivity contribution >= 4 is 17.5 Å². The molecule has 1 fully saturated rings. The van der Waals surface area contributed by atoms with Crippen molar-refractivity contribution in [1.82, 2.24) is 25.3 Å². The number of carbonyl (C=O) groups excluding carboxylic acids is 2. The number of nitrogens with one attached hydrogen (secondary N) is 3. The smallest absolute Gasteiger partial charge is 0.270 e. The Labute approximate surface area is 212 Å². The minimum Gasteiger partial charge on any atom is -0.339 e. The molecule has 2 heterocycles. The van der Waals surface area contributed by atoms with Crippen LogP contribution in [-0.4, -0.2) is 37.8 Å². The summed E-state index contributed by atoms with van der Waals surface area (Å²) >= 11 is 0. The van der Waals surface area contributed by atoms with Crippen LogP contribution in [0.2, 0.25) is 0 Å². The summed E-state index contributed by atoms with van der Waals surface area (Å²) in [5, 5.41) is 17.6. The number of aromatic amines is 1. The number of anilines is 1. The van der Waals surface area contributed by atoms with Gasteiger partial charge >= 0.3 is 0 Å². The predicted molar refractivity (Wildman–Crippen MR) is 142 cm³/mol. The molecule has 1 aromatic carbocycles. The van der Waals surface area contributed by atoms with Crippen LogP contribution in [0.1, 0.15) is 61.4 Å². The van der Waals surface area contributed by atoms with Crippen LogP contribution in [0.25, 0.3) is 11.1 Å². The van der Waals surface area contributed by atoms with Crippen molar-refractivity contribution in [2.24, 2.45) is 11.8 Å². The third-order valence-electron chi connectivity index (χ3n) is 7.04. The van der Waals surface area contributed by atoms with Crippen molar-refractivity contribution in [3.05, 3.63) is 65.8 Å². The van der Waals surface area contributed by atoms with Crippen LogP contribution in [0.3, 0.4) is 0 Å². The number of hydrogen-bond donors (Lipinski definition) is 3. The third-order valence-corrected chi connectivity index (χ3v) is 7.04. The summed E-state index contributed by atoms with van der Waals surface area (Å²) in [6.07, 6.45) is 5.51. The molecule has 8 heteroatoms. The minimum absolute atomic E-state index is 0.0816. The zero-order chi connectivity index (χ0) is 25.8. The molecule has 2 aromatic heterocycles. The Morgan fingerprint density at radius 3 is 2.44 bits per heavy atom. The van der Waals surface area contributed by atoms with Crippen molar-refractivity contribution in [3.8, 4) is 11.1 Å². The van der Waals surface area contributed by atoms with Gasteiger partial charge in [0.15, 0.2) is 0 Å². The van der Waals surface area contributed by atoms with Crippen molar-refractivity contribution in [3.63, 3.8) is 0 Å². The molecule has 0 saturated heterocycles. The molecule has 3 aromatic rings. The van der Waals surface area contributed by atoms with Gasteiger partial charge in [0, 0.05) is 23.1 Å². The maximum Gasteiger partial charge on any atom is 0.270 e. The number of aryl methyl sites for hydroxylation is 2. The fourth-order valence-corrected chi connectivity index (χ4v) is 5.06. The van der Waals surface area contributed by atoms with E-state index >= 15 is 0 Å². The van der Waals surface area contributed by atoms with E-state index in [0.29, 0.717) is 23.8 Å². The lowest BCUT2D eigenvalue weighted by Crippen LogP contribution is -2.49. The normalized spacial score (nSPS) is 18.4. The van der Waals surface area contributed by atoms with E-state index in [0.717, 1.165) is 53.8 Å². The molecule has 0 bridgehead atoms. The Hall–Kier alpha value is -3.68. The number of rotatable bonds is 8. The number of amides is 2. The molecule has 2 amide bonds. The van der Waals surface area contributed by atoms with Crippen LogP contribution in [0.4, 0.5) is 5.69 Å². The number of allylic oxidation sites excluding steroid dienone is 1. The summed E-state index contributed by atoms with van der Waals surface area (Å²) in [6, 6.07) is 8.79. The van der Waals surface area contributed by atoms with Crippen molar-refractivity contribution < 1.29 is 9.59 Å². The molecule has 4 rings (SSSR count). The molecule has 36 heavy (non-hydrogen) atoms. The molecule has 1 aliphatic rings. The van der Waals surface area contributed by atoms with Gasteiger partial charge in [0.05, 0.1) is 12.2 Å². The monoisotopic (exact) mass is 488 g/mol. The molecule has 0 spiro atoms. The first-order valence-electron chi connectivity index (χ1n) is 12.6. The van der Waals surface area contributed by atoms with Crippen LogP contribution in [0, 0.1) is 25.7 Å². The van der Waals surface area contributed by atoms with E-state index in [1.165, 1.54) is 0 Å². The van der Waals surface area contributed by atoms with Crippen LogP contribution in [0.15, 0.2) is 48.7 Å². The standard InChI is InChI=1S/C28H36N6O2/c1-17(2)16-34-24(14-15-29-34)27(35)31-26(22-8-6-18(3)7-9-22)28(36)30-23-12-10-21(11-13-23)25-19(4)32-33-20(25)5/h10-15,18,22,26H,1,6-9,16H2,2-5H3,(H,30,36)(H,31,35)(H,32,33). The number of aromatic nitrogens is 4. The number of carbonyl (C=O) groups is 2. The summed E-state index contributed by atoms with van der Waals surface area (Å²) in [6.45, 7) is 12.5. The molecule has 1 aliphatic carbocycles. The predicted octanol–water partition coefficient (Wildman–Crippen LogP) is 5.03. The summed E-state index contributed by atoms with van der Waals surface area (Å²) in [5.41, 5.74) is 6.06. The molecule has 8 nitrogen and oxygen atoms in total. The van der Waals surface area contributed by atoms with Gasteiger partial charge in [0.1, 0.15) is 11.7 Å². The lowest BCUT2D eigenvalue weighted by Gasteiger charge is -2.32. The highest BCUT2D eigenvalue weighted by Crippen LogP contribution is 2.31. The van der Waals surface area contributed by atoms with Gasteiger partial charge in [-0.15, -0.1) is 0 Å². The van der Waals surface area contributed by atoms with Crippen molar-refractivity contribution in [2.45, 2.75) is 66.0 Å². The first-order chi connectivity index (χ1) is 17.2. The van der Waals surface area contributed by atoms with Gasteiger partial charge in [0.25, 0.3) is 5.91 Å². The van der Waals surface area contributed by atoms with E-state index in [4.69, 9.17) is 0 Å². The highest BCUT2D eigenvalue weighted by atomic mass is 16.2. The van der Waals surface area contributed by atoms with Crippen LogP contribution in [-0.2, 0) is 11.3 Å². The van der Waals surface area contributed by atoms with E-state index in [1.54, 1.807) is 16.9 Å². The van der Waals surface area contributed by atoms with Gasteiger partial charge in [-0.25, -0.2) is 0 Å². The van der Waals surface area contributed by atoms with Gasteiger partial charge < -0.3 is 10.6 Å². The maximum atomic E-state index is 13.5. The molecular formula is C28H36N6O2. The van der Waals surface area contributed by atoms with Gasteiger partial charge in [-0.1, -0.05) is 44.1 Å². The zero-order valence-electron chi connectivity index (χ0n) is 21.6. The second-order valence-electron chi connectivity index (χ2n) is 10.2. The Balaban J connectivity index is 1.51. The number of benzene rings is 1. The molecule has 0 radical (unpaired) electrons. The first-order valence-corrected chi connectivity index (χ1v) is 12.6. The fraction of sp³-hybridized carbons (Fsp3) is 0.429. The number of nitrogens with zero attached hydrogens (tertiary/aromatic N) is 3. The number of H-pyrrole nitrogens is 1. The highest BCUT2D eigenvalue weighted by Gasteiger charge is 2.33. The highest BCUT2D eigenvalue weighted by molar-refractivity contribution is 6.00. The fourth-order valence-electron chi connectivity index (χ4n) is 5.06. The van der Waals surface area contributed by atoms with Crippen LogP contribution < -0.4 is 10.6 Å². The van der Waals surface area contributed by atoms with Gasteiger partial charge in [-0.2, -0.15) is 10.2 Å². The van der Waals surface area contributed by atoms with E-state index in [2.05, 4.69) is 39.4 Å². The van der Waals surface area contributed by atoms with Gasteiger partial charge in [-0.3, -0.25) is 19.4 Å². The largest absolute Gasteiger partial charge is 0.339 e. The van der Waals surface area contributed by atoms with E-state index < -0.39 is 6.04 Å². The molecule has 1 saturated carbocycles. The quantitative estimate of drug-likeness (QED) is 0.387. The Bertz CT molecular complexity index is 1210. The average Bonchev–Trinajstić information content (AvgIpc) is 3.44. The summed E-state index contributed by atoms with van der Waals surface area (Å²) in [7, 11) is 0. The molecular weight excluding hydrogens is 452 g/mol. The Kier molecular flexibility index (Phi) is 7.72. The lowest BCUT2D eigenvalue weighted by atomic mass is 9.79. The Morgan fingerprint density at radius 1 is 1.14 bits per heavy atom. The van der Waals surface area contributed by atoms with Crippen LogP contribution in [0.5, 0.6) is 0 Å². The number of hydrogen-bond acceptors (Lipinski definition) is 4. The summed E-state index contributed by atoms with van der Waals surface area (Å²) in [4.78, 5) is 26.7. The Morgan fingerprint density at radius 2 is 1.83 bits per heavy atom. The molecule has 1 atom stereocenters. The van der Waals surface area contributed by atoms with Crippen LogP contribution >= 0.6 is 0 Å². The van der Waals surface area contributed by atoms with Gasteiger partial charge in [0.2, 0.25) is 5.91 Å². The first kappa shape index (κ1) is 25.4.